The van der Waals surface area contributed by atoms with Crippen LogP contribution in [0.1, 0.15) is 30.6 Å². The van der Waals surface area contributed by atoms with Crippen LogP contribution in [-0.4, -0.2) is 25.8 Å². The molecule has 0 aliphatic carbocycles. The lowest BCUT2D eigenvalue weighted by atomic mass is 10.1. The van der Waals surface area contributed by atoms with Gasteiger partial charge in [-0.3, -0.25) is 0 Å². The smallest absolute Gasteiger partial charge is 0.144 e. The Morgan fingerprint density at radius 1 is 1.50 bits per heavy atom. The van der Waals surface area contributed by atoms with E-state index in [1.807, 2.05) is 0 Å². The SMILES string of the molecule is CCc1nnc2n1CC(Nc1ncccc1C#N)CC2. The molecule has 0 aromatic carbocycles. The largest absolute Gasteiger partial charge is 0.364 e. The first-order valence-corrected chi connectivity index (χ1v) is 6.84. The van der Waals surface area contributed by atoms with Crippen LogP contribution < -0.4 is 5.32 Å². The fourth-order valence-corrected chi connectivity index (χ4v) is 2.57. The van der Waals surface area contributed by atoms with E-state index in [4.69, 9.17) is 5.26 Å². The summed E-state index contributed by atoms with van der Waals surface area (Å²) in [6, 6.07) is 5.97. The van der Waals surface area contributed by atoms with Crippen LogP contribution in [0.25, 0.3) is 0 Å². The molecule has 3 rings (SSSR count). The fourth-order valence-electron chi connectivity index (χ4n) is 2.57. The van der Waals surface area contributed by atoms with E-state index in [-0.39, 0.29) is 6.04 Å². The Kier molecular flexibility index (Phi) is 3.33. The molecule has 0 spiro atoms. The molecule has 1 N–H and O–H groups in total. The Morgan fingerprint density at radius 2 is 2.40 bits per heavy atom. The Bertz CT molecular complexity index is 640. The summed E-state index contributed by atoms with van der Waals surface area (Å²) in [6.45, 7) is 2.91. The Morgan fingerprint density at radius 3 is 3.20 bits per heavy atom. The molecule has 1 aliphatic heterocycles. The lowest BCUT2D eigenvalue weighted by molar-refractivity contribution is 0.465. The summed E-state index contributed by atoms with van der Waals surface area (Å²) < 4.78 is 2.18. The van der Waals surface area contributed by atoms with E-state index in [1.165, 1.54) is 0 Å². The van der Waals surface area contributed by atoms with Crippen molar-refractivity contribution < 1.29 is 0 Å². The number of aromatic nitrogens is 4. The summed E-state index contributed by atoms with van der Waals surface area (Å²) in [6.07, 6.45) is 4.46. The number of nitrogens with one attached hydrogen (secondary N) is 1. The second kappa shape index (κ2) is 5.29. The zero-order chi connectivity index (χ0) is 13.9. The molecule has 1 unspecified atom stereocenters. The van der Waals surface area contributed by atoms with Crippen LogP contribution in [0.3, 0.4) is 0 Å². The molecule has 6 nitrogen and oxygen atoms in total. The molecular formula is C14H16N6. The van der Waals surface area contributed by atoms with Gasteiger partial charge in [-0.1, -0.05) is 6.92 Å². The normalized spacial score (nSPS) is 17.3. The zero-order valence-electron chi connectivity index (χ0n) is 11.4. The molecule has 6 heteroatoms. The third-order valence-corrected chi connectivity index (χ3v) is 3.61. The summed E-state index contributed by atoms with van der Waals surface area (Å²) in [5.41, 5.74) is 0.581. The third-order valence-electron chi connectivity index (χ3n) is 3.61. The van der Waals surface area contributed by atoms with E-state index < -0.39 is 0 Å². The topological polar surface area (TPSA) is 79.4 Å². The predicted octanol–water partition coefficient (Wildman–Crippen LogP) is 1.53. The summed E-state index contributed by atoms with van der Waals surface area (Å²) in [4.78, 5) is 4.26. The molecule has 20 heavy (non-hydrogen) atoms. The molecule has 0 saturated heterocycles. The Balaban J connectivity index is 1.79. The van der Waals surface area contributed by atoms with Crippen molar-refractivity contribution in [2.75, 3.05) is 5.32 Å². The van der Waals surface area contributed by atoms with Gasteiger partial charge in [-0.2, -0.15) is 5.26 Å². The van der Waals surface area contributed by atoms with Crippen molar-refractivity contribution in [3.05, 3.63) is 35.5 Å². The van der Waals surface area contributed by atoms with Gasteiger partial charge in [-0.05, 0) is 18.6 Å². The van der Waals surface area contributed by atoms with E-state index >= 15 is 0 Å². The standard InChI is InChI=1S/C14H16N6/c1-2-12-18-19-13-6-5-11(9-20(12)13)17-14-10(8-15)4-3-7-16-14/h3-4,7,11H,2,5-6,9H2,1H3,(H,16,17). The van der Waals surface area contributed by atoms with E-state index in [2.05, 4.69) is 38.1 Å². The first kappa shape index (κ1) is 12.6. The summed E-state index contributed by atoms with van der Waals surface area (Å²) in [7, 11) is 0. The minimum atomic E-state index is 0.255. The van der Waals surface area contributed by atoms with Crippen LogP contribution in [0.4, 0.5) is 5.82 Å². The number of anilines is 1. The van der Waals surface area contributed by atoms with Gasteiger partial charge in [0.15, 0.2) is 0 Å². The minimum Gasteiger partial charge on any atom is -0.364 e. The number of nitrogens with zero attached hydrogens (tertiary/aromatic N) is 5. The van der Waals surface area contributed by atoms with Crippen molar-refractivity contribution in [3.8, 4) is 6.07 Å². The van der Waals surface area contributed by atoms with Gasteiger partial charge in [0.05, 0.1) is 5.56 Å². The van der Waals surface area contributed by atoms with E-state index in [0.29, 0.717) is 11.4 Å². The predicted molar refractivity (Wildman–Crippen MR) is 74.1 cm³/mol. The molecule has 102 valence electrons. The van der Waals surface area contributed by atoms with Crippen molar-refractivity contribution in [2.45, 2.75) is 38.8 Å². The summed E-state index contributed by atoms with van der Waals surface area (Å²) >= 11 is 0. The number of fused-ring (bicyclic) bond motifs is 1. The van der Waals surface area contributed by atoms with Crippen LogP contribution in [0.5, 0.6) is 0 Å². The molecule has 3 heterocycles. The van der Waals surface area contributed by atoms with E-state index in [1.54, 1.807) is 18.3 Å². The van der Waals surface area contributed by atoms with Crippen molar-refractivity contribution in [1.82, 2.24) is 19.7 Å². The maximum absolute atomic E-state index is 9.10. The second-order valence-corrected chi connectivity index (χ2v) is 4.89. The molecule has 1 aliphatic rings. The summed E-state index contributed by atoms with van der Waals surface area (Å²) in [5.74, 6) is 2.74. The maximum atomic E-state index is 9.10. The van der Waals surface area contributed by atoms with Crippen molar-refractivity contribution in [2.24, 2.45) is 0 Å². The van der Waals surface area contributed by atoms with Crippen molar-refractivity contribution in [1.29, 1.82) is 5.26 Å². The number of nitriles is 1. The Hall–Kier alpha value is -2.42. The number of hydrogen-bond donors (Lipinski definition) is 1. The van der Waals surface area contributed by atoms with Gasteiger partial charge >= 0.3 is 0 Å². The van der Waals surface area contributed by atoms with Gasteiger partial charge in [-0.25, -0.2) is 4.98 Å². The lowest BCUT2D eigenvalue weighted by Gasteiger charge is -2.25. The maximum Gasteiger partial charge on any atom is 0.144 e. The third kappa shape index (κ3) is 2.23. The van der Waals surface area contributed by atoms with Crippen LogP contribution in [-0.2, 0) is 19.4 Å². The first-order valence-electron chi connectivity index (χ1n) is 6.84. The minimum absolute atomic E-state index is 0.255. The van der Waals surface area contributed by atoms with Crippen molar-refractivity contribution >= 4 is 5.82 Å². The van der Waals surface area contributed by atoms with Gasteiger partial charge in [0.25, 0.3) is 0 Å². The molecule has 0 saturated carbocycles. The first-order chi connectivity index (χ1) is 9.81. The van der Waals surface area contributed by atoms with Crippen LogP contribution in [0.15, 0.2) is 18.3 Å². The van der Waals surface area contributed by atoms with Crippen LogP contribution >= 0.6 is 0 Å². The van der Waals surface area contributed by atoms with Crippen LogP contribution in [0, 0.1) is 11.3 Å². The molecular weight excluding hydrogens is 252 g/mol. The number of hydrogen-bond acceptors (Lipinski definition) is 5. The van der Waals surface area contributed by atoms with Gasteiger partial charge in [0.2, 0.25) is 0 Å². The fraction of sp³-hybridized carbons (Fsp3) is 0.429. The number of pyridine rings is 1. The monoisotopic (exact) mass is 268 g/mol. The highest BCUT2D eigenvalue weighted by atomic mass is 15.3. The van der Waals surface area contributed by atoms with Gasteiger partial charge in [0.1, 0.15) is 23.5 Å². The zero-order valence-corrected chi connectivity index (χ0v) is 11.4. The highest BCUT2D eigenvalue weighted by Gasteiger charge is 2.22. The lowest BCUT2D eigenvalue weighted by Crippen LogP contribution is -2.32. The average Bonchev–Trinajstić information content (AvgIpc) is 2.90. The highest BCUT2D eigenvalue weighted by molar-refractivity contribution is 5.51. The van der Waals surface area contributed by atoms with Gasteiger partial charge < -0.3 is 9.88 Å². The molecule has 0 fully saturated rings. The quantitative estimate of drug-likeness (QED) is 0.913. The molecule has 1 atom stereocenters. The number of aryl methyl sites for hydroxylation is 2. The molecule has 0 amide bonds. The average molecular weight is 268 g/mol. The van der Waals surface area contributed by atoms with Gasteiger partial charge in [0, 0.05) is 31.6 Å². The van der Waals surface area contributed by atoms with Crippen molar-refractivity contribution in [3.63, 3.8) is 0 Å². The van der Waals surface area contributed by atoms with E-state index in [0.717, 1.165) is 37.5 Å². The molecule has 2 aromatic rings. The molecule has 0 bridgehead atoms. The van der Waals surface area contributed by atoms with Gasteiger partial charge in [-0.15, -0.1) is 10.2 Å². The number of rotatable bonds is 3. The molecule has 2 aromatic heterocycles. The second-order valence-electron chi connectivity index (χ2n) is 4.89. The van der Waals surface area contributed by atoms with E-state index in [9.17, 15) is 0 Å². The van der Waals surface area contributed by atoms with Crippen LogP contribution in [0.2, 0.25) is 0 Å². The Labute approximate surface area is 117 Å². The highest BCUT2D eigenvalue weighted by Crippen LogP contribution is 2.19. The summed E-state index contributed by atoms with van der Waals surface area (Å²) in [5, 5.41) is 20.9. The molecule has 0 radical (unpaired) electrons.